The highest BCUT2D eigenvalue weighted by Crippen LogP contribution is 2.32. The van der Waals surface area contributed by atoms with Crippen molar-refractivity contribution in [1.82, 2.24) is 14.6 Å². The van der Waals surface area contributed by atoms with E-state index >= 15 is 0 Å². The van der Waals surface area contributed by atoms with Crippen molar-refractivity contribution >= 4 is 11.3 Å². The van der Waals surface area contributed by atoms with Gasteiger partial charge in [-0.15, -0.1) is 0 Å². The Kier molecular flexibility index (Phi) is 3.51. The fourth-order valence-corrected chi connectivity index (χ4v) is 2.95. The molecule has 0 radical (unpaired) electrons. The van der Waals surface area contributed by atoms with Crippen LogP contribution in [0.2, 0.25) is 0 Å². The maximum atomic E-state index is 12.7. The van der Waals surface area contributed by atoms with Crippen LogP contribution in [0.5, 0.6) is 0 Å². The van der Waals surface area contributed by atoms with E-state index in [1.54, 1.807) is 0 Å². The first-order chi connectivity index (χ1) is 9.95. The second-order valence-corrected chi connectivity index (χ2v) is 5.68. The molecule has 1 saturated carbocycles. The summed E-state index contributed by atoms with van der Waals surface area (Å²) < 4.78 is 39.4. The summed E-state index contributed by atoms with van der Waals surface area (Å²) in [5, 5.41) is 6.74. The zero-order valence-electron chi connectivity index (χ0n) is 11.7. The number of hydrogen-bond acceptors (Lipinski definition) is 3. The minimum atomic E-state index is -4.44. The normalized spacial score (nSPS) is 22.9. The van der Waals surface area contributed by atoms with Crippen LogP contribution in [0.3, 0.4) is 0 Å². The van der Waals surface area contributed by atoms with Gasteiger partial charge in [0.25, 0.3) is 0 Å². The SMILES string of the molecule is CC1CCCC1CNc1nccn2nc(C(F)(F)F)cc12. The summed E-state index contributed by atoms with van der Waals surface area (Å²) >= 11 is 0. The molecular formula is C14H17F3N4. The molecule has 0 amide bonds. The summed E-state index contributed by atoms with van der Waals surface area (Å²) in [5.41, 5.74) is -0.539. The molecule has 0 saturated heterocycles. The van der Waals surface area contributed by atoms with Crippen LogP contribution in [-0.2, 0) is 6.18 Å². The molecule has 2 aromatic heterocycles. The quantitative estimate of drug-likeness (QED) is 0.941. The van der Waals surface area contributed by atoms with Gasteiger partial charge in [-0.25, -0.2) is 9.50 Å². The zero-order valence-corrected chi connectivity index (χ0v) is 11.7. The van der Waals surface area contributed by atoms with Gasteiger partial charge >= 0.3 is 6.18 Å². The molecule has 4 nitrogen and oxygen atoms in total. The van der Waals surface area contributed by atoms with Crippen molar-refractivity contribution in [2.45, 2.75) is 32.4 Å². The van der Waals surface area contributed by atoms with E-state index in [9.17, 15) is 13.2 Å². The first kappa shape index (κ1) is 14.2. The number of halogens is 3. The maximum absolute atomic E-state index is 12.7. The Balaban J connectivity index is 1.83. The third-order valence-corrected chi connectivity index (χ3v) is 4.25. The number of alkyl halides is 3. The van der Waals surface area contributed by atoms with E-state index < -0.39 is 11.9 Å². The van der Waals surface area contributed by atoms with E-state index in [0.717, 1.165) is 19.0 Å². The molecular weight excluding hydrogens is 281 g/mol. The Bertz CT molecular complexity index is 635. The number of nitrogens with zero attached hydrogens (tertiary/aromatic N) is 3. The highest BCUT2D eigenvalue weighted by atomic mass is 19.4. The summed E-state index contributed by atoms with van der Waals surface area (Å²) in [6.07, 6.45) is 2.03. The first-order valence-electron chi connectivity index (χ1n) is 7.10. The third-order valence-electron chi connectivity index (χ3n) is 4.25. The van der Waals surface area contributed by atoms with Crippen LogP contribution >= 0.6 is 0 Å². The largest absolute Gasteiger partial charge is 0.435 e. The first-order valence-corrected chi connectivity index (χ1v) is 7.10. The number of aromatic nitrogens is 3. The standard InChI is InChI=1S/C14H17F3N4/c1-9-3-2-4-10(9)8-19-13-11-7-12(14(15,16)17)20-21(11)6-5-18-13/h5-7,9-10H,2-4,8H2,1H3,(H,18,19). The molecule has 0 aliphatic heterocycles. The Hall–Kier alpha value is -1.79. The molecule has 0 bridgehead atoms. The molecule has 21 heavy (non-hydrogen) atoms. The van der Waals surface area contributed by atoms with Crippen molar-refractivity contribution < 1.29 is 13.2 Å². The molecule has 0 spiro atoms. The van der Waals surface area contributed by atoms with Crippen LogP contribution in [0.1, 0.15) is 31.9 Å². The second-order valence-electron chi connectivity index (χ2n) is 5.68. The number of anilines is 1. The third kappa shape index (κ3) is 2.82. The average Bonchev–Trinajstić information content (AvgIpc) is 3.02. The lowest BCUT2D eigenvalue weighted by molar-refractivity contribution is -0.141. The molecule has 2 atom stereocenters. The zero-order chi connectivity index (χ0) is 15.0. The summed E-state index contributed by atoms with van der Waals surface area (Å²) in [6, 6.07) is 1.04. The molecule has 1 aliphatic carbocycles. The number of nitrogens with one attached hydrogen (secondary N) is 1. The lowest BCUT2D eigenvalue weighted by Crippen LogP contribution is -2.17. The van der Waals surface area contributed by atoms with Crippen LogP contribution in [-0.4, -0.2) is 21.1 Å². The highest BCUT2D eigenvalue weighted by molar-refractivity contribution is 5.67. The minimum absolute atomic E-state index is 0.357. The predicted molar refractivity (Wildman–Crippen MR) is 73.0 cm³/mol. The van der Waals surface area contributed by atoms with E-state index in [4.69, 9.17) is 0 Å². The van der Waals surface area contributed by atoms with Crippen molar-refractivity contribution in [1.29, 1.82) is 0 Å². The van der Waals surface area contributed by atoms with Gasteiger partial charge < -0.3 is 5.32 Å². The van der Waals surface area contributed by atoms with Gasteiger partial charge in [0, 0.05) is 25.0 Å². The predicted octanol–water partition coefficient (Wildman–Crippen LogP) is 3.60. The molecule has 1 aliphatic rings. The van der Waals surface area contributed by atoms with Crippen LogP contribution < -0.4 is 5.32 Å². The Labute approximate surface area is 120 Å². The summed E-state index contributed by atoms with van der Waals surface area (Å²) in [6.45, 7) is 2.95. The van der Waals surface area contributed by atoms with Gasteiger partial charge in [-0.3, -0.25) is 0 Å². The number of hydrogen-bond donors (Lipinski definition) is 1. The fourth-order valence-electron chi connectivity index (χ4n) is 2.95. The van der Waals surface area contributed by atoms with Crippen molar-refractivity contribution in [3.63, 3.8) is 0 Å². The molecule has 3 rings (SSSR count). The molecule has 1 fully saturated rings. The van der Waals surface area contributed by atoms with Gasteiger partial charge in [0.15, 0.2) is 11.5 Å². The van der Waals surface area contributed by atoms with Crippen molar-refractivity contribution in [3.05, 3.63) is 24.2 Å². The Morgan fingerprint density at radius 3 is 2.86 bits per heavy atom. The molecule has 1 N–H and O–H groups in total. The topological polar surface area (TPSA) is 42.2 Å². The summed E-state index contributed by atoms with van der Waals surface area (Å²) in [7, 11) is 0. The lowest BCUT2D eigenvalue weighted by Gasteiger charge is -2.16. The van der Waals surface area contributed by atoms with Gasteiger partial charge in [0.2, 0.25) is 0 Å². The summed E-state index contributed by atoms with van der Waals surface area (Å²) in [4.78, 5) is 4.15. The molecule has 2 aromatic rings. The van der Waals surface area contributed by atoms with E-state index in [-0.39, 0.29) is 0 Å². The smallest absolute Gasteiger partial charge is 0.368 e. The van der Waals surface area contributed by atoms with Gasteiger partial charge in [0.1, 0.15) is 5.52 Å². The van der Waals surface area contributed by atoms with Crippen LogP contribution in [0, 0.1) is 11.8 Å². The molecule has 7 heteroatoms. The van der Waals surface area contributed by atoms with Crippen molar-refractivity contribution in [2.24, 2.45) is 11.8 Å². The Morgan fingerprint density at radius 2 is 2.19 bits per heavy atom. The molecule has 2 unspecified atom stereocenters. The van der Waals surface area contributed by atoms with Crippen LogP contribution in [0.15, 0.2) is 18.5 Å². The second kappa shape index (κ2) is 5.20. The maximum Gasteiger partial charge on any atom is 0.435 e. The highest BCUT2D eigenvalue weighted by Gasteiger charge is 2.34. The van der Waals surface area contributed by atoms with Crippen molar-refractivity contribution in [3.8, 4) is 0 Å². The van der Waals surface area contributed by atoms with E-state index in [1.807, 2.05) is 0 Å². The van der Waals surface area contributed by atoms with Crippen LogP contribution in [0.25, 0.3) is 5.52 Å². The van der Waals surface area contributed by atoms with Gasteiger partial charge in [0.05, 0.1) is 0 Å². The minimum Gasteiger partial charge on any atom is -0.368 e. The number of fused-ring (bicyclic) bond motifs is 1. The monoisotopic (exact) mass is 298 g/mol. The van der Waals surface area contributed by atoms with Gasteiger partial charge in [-0.1, -0.05) is 19.8 Å². The number of rotatable bonds is 3. The van der Waals surface area contributed by atoms with E-state index in [0.29, 0.717) is 23.2 Å². The average molecular weight is 298 g/mol. The molecule has 114 valence electrons. The van der Waals surface area contributed by atoms with Gasteiger partial charge in [-0.05, 0) is 18.3 Å². The lowest BCUT2D eigenvalue weighted by atomic mass is 9.98. The fraction of sp³-hybridized carbons (Fsp3) is 0.571. The molecule has 0 aromatic carbocycles. The van der Waals surface area contributed by atoms with Gasteiger partial charge in [-0.2, -0.15) is 18.3 Å². The Morgan fingerprint density at radius 1 is 1.38 bits per heavy atom. The summed E-state index contributed by atoms with van der Waals surface area (Å²) in [5.74, 6) is 1.66. The van der Waals surface area contributed by atoms with E-state index in [1.165, 1.54) is 29.8 Å². The van der Waals surface area contributed by atoms with E-state index in [2.05, 4.69) is 22.3 Å². The molecule has 2 heterocycles. The van der Waals surface area contributed by atoms with Crippen LogP contribution in [0.4, 0.5) is 19.0 Å². The van der Waals surface area contributed by atoms with Crippen molar-refractivity contribution in [2.75, 3.05) is 11.9 Å².